The second-order valence-corrected chi connectivity index (χ2v) is 6.71. The molecule has 0 radical (unpaired) electrons. The third kappa shape index (κ3) is 7.38. The first-order valence-electron chi connectivity index (χ1n) is 7.18. The first-order valence-corrected chi connectivity index (χ1v) is 8.41. The highest BCUT2D eigenvalue weighted by Gasteiger charge is 2.24. The molecule has 0 bridgehead atoms. The Hall–Kier alpha value is -1.73. The van der Waals surface area contributed by atoms with Crippen LogP contribution in [0.25, 0.3) is 0 Å². The molecule has 0 aliphatic rings. The fraction of sp³-hybridized carbons (Fsp3) is 0.500. The van der Waals surface area contributed by atoms with Crippen molar-refractivity contribution in [2.75, 3.05) is 25.3 Å². The molecular weight excluding hydrogens is 316 g/mol. The van der Waals surface area contributed by atoms with E-state index in [1.807, 2.05) is 39.2 Å². The Morgan fingerprint density at radius 2 is 1.83 bits per heavy atom. The lowest BCUT2D eigenvalue weighted by atomic mass is 10.2. The lowest BCUT2D eigenvalue weighted by molar-refractivity contribution is -0.145. The zero-order valence-electron chi connectivity index (χ0n) is 14.1. The highest BCUT2D eigenvalue weighted by Crippen LogP contribution is 2.17. The van der Waals surface area contributed by atoms with Crippen LogP contribution in [0.1, 0.15) is 20.8 Å². The minimum Gasteiger partial charge on any atom is -0.467 e. The predicted octanol–water partition coefficient (Wildman–Crippen LogP) is 2.89. The minimum atomic E-state index is -0.871. The van der Waals surface area contributed by atoms with Crippen LogP contribution in [0.3, 0.4) is 0 Å². The summed E-state index contributed by atoms with van der Waals surface area (Å²) in [7, 11) is 1.27. The van der Waals surface area contributed by atoms with E-state index in [1.165, 1.54) is 7.11 Å². The second-order valence-electron chi connectivity index (χ2n) is 5.83. The molecule has 0 fully saturated rings. The van der Waals surface area contributed by atoms with Crippen LogP contribution in [-0.2, 0) is 14.3 Å². The van der Waals surface area contributed by atoms with Gasteiger partial charge in [0.15, 0.2) is 6.04 Å². The number of amides is 2. The zero-order valence-corrected chi connectivity index (χ0v) is 15.0. The Morgan fingerprint density at radius 1 is 1.22 bits per heavy atom. The fourth-order valence-electron chi connectivity index (χ4n) is 1.64. The molecule has 1 aromatic rings. The number of hydrogen-bond acceptors (Lipinski definition) is 5. The monoisotopic (exact) mass is 340 g/mol. The van der Waals surface area contributed by atoms with Crippen LogP contribution in [0.15, 0.2) is 29.2 Å². The van der Waals surface area contributed by atoms with Crippen LogP contribution in [0.2, 0.25) is 0 Å². The number of nitrogens with one attached hydrogen (secondary N) is 2. The molecule has 128 valence electrons. The summed E-state index contributed by atoms with van der Waals surface area (Å²) < 4.78 is 10.2. The summed E-state index contributed by atoms with van der Waals surface area (Å²) in [6.07, 6.45) is 1.98. The van der Waals surface area contributed by atoms with Crippen LogP contribution >= 0.6 is 11.8 Å². The van der Waals surface area contributed by atoms with Crippen LogP contribution in [0, 0.1) is 0 Å². The van der Waals surface area contributed by atoms with E-state index in [0.717, 1.165) is 4.90 Å². The zero-order chi connectivity index (χ0) is 17.5. The fourth-order valence-corrected chi connectivity index (χ4v) is 2.05. The van der Waals surface area contributed by atoms with Gasteiger partial charge in [-0.25, -0.2) is 9.59 Å². The average molecular weight is 340 g/mol. The number of carbonyl (C=O) groups is 2. The smallest absolute Gasteiger partial charge is 0.330 e. The molecule has 23 heavy (non-hydrogen) atoms. The standard InChI is InChI=1S/C16H24N2O4S/c1-16(2,3)22-10-13(14(19)21-4)18-15(20)17-11-6-8-12(23-5)9-7-11/h6-9,13H,10H2,1-5H3,(H2,17,18,20). The van der Waals surface area contributed by atoms with Gasteiger partial charge in [-0.15, -0.1) is 11.8 Å². The van der Waals surface area contributed by atoms with Gasteiger partial charge in [0.05, 0.1) is 19.3 Å². The maximum Gasteiger partial charge on any atom is 0.330 e. The number of urea groups is 1. The van der Waals surface area contributed by atoms with Crippen molar-refractivity contribution in [2.24, 2.45) is 0 Å². The third-order valence-electron chi connectivity index (χ3n) is 2.82. The van der Waals surface area contributed by atoms with E-state index < -0.39 is 23.6 Å². The van der Waals surface area contributed by atoms with E-state index >= 15 is 0 Å². The SMILES string of the molecule is COC(=O)C(COC(C)(C)C)NC(=O)Nc1ccc(SC)cc1. The van der Waals surface area contributed by atoms with E-state index in [2.05, 4.69) is 10.6 Å². The minimum absolute atomic E-state index is 0.0367. The van der Waals surface area contributed by atoms with E-state index in [9.17, 15) is 9.59 Å². The van der Waals surface area contributed by atoms with Crippen molar-refractivity contribution in [1.82, 2.24) is 5.32 Å². The van der Waals surface area contributed by atoms with Crippen LogP contribution in [0.4, 0.5) is 10.5 Å². The van der Waals surface area contributed by atoms with Gasteiger partial charge in [0.2, 0.25) is 0 Å². The number of anilines is 1. The molecule has 0 aliphatic carbocycles. The second kappa shape index (κ2) is 8.79. The van der Waals surface area contributed by atoms with Crippen LogP contribution in [-0.4, -0.2) is 43.6 Å². The average Bonchev–Trinajstić information content (AvgIpc) is 2.50. The lowest BCUT2D eigenvalue weighted by Crippen LogP contribution is -2.47. The van der Waals surface area contributed by atoms with Gasteiger partial charge in [-0.3, -0.25) is 0 Å². The molecule has 6 nitrogen and oxygen atoms in total. The Balaban J connectivity index is 2.62. The van der Waals surface area contributed by atoms with Crippen LogP contribution < -0.4 is 10.6 Å². The van der Waals surface area contributed by atoms with Gasteiger partial charge in [0.25, 0.3) is 0 Å². The van der Waals surface area contributed by atoms with Crippen molar-refractivity contribution < 1.29 is 19.1 Å². The van der Waals surface area contributed by atoms with Crippen molar-refractivity contribution >= 4 is 29.4 Å². The topological polar surface area (TPSA) is 76.7 Å². The number of thioether (sulfide) groups is 1. The Labute approximate surface area is 141 Å². The molecule has 0 aromatic heterocycles. The number of ether oxygens (including phenoxy) is 2. The molecular formula is C16H24N2O4S. The van der Waals surface area contributed by atoms with Gasteiger partial charge in [-0.05, 0) is 51.3 Å². The molecule has 0 heterocycles. The normalized spacial score (nSPS) is 12.4. The summed E-state index contributed by atoms with van der Waals surface area (Å²) >= 11 is 1.62. The van der Waals surface area contributed by atoms with Crippen molar-refractivity contribution in [2.45, 2.75) is 37.3 Å². The third-order valence-corrected chi connectivity index (χ3v) is 3.57. The number of methoxy groups -OCH3 is 1. The summed E-state index contributed by atoms with van der Waals surface area (Å²) in [5, 5.41) is 5.24. The van der Waals surface area contributed by atoms with Crippen molar-refractivity contribution in [1.29, 1.82) is 0 Å². The number of esters is 1. The van der Waals surface area contributed by atoms with Crippen molar-refractivity contribution in [3.05, 3.63) is 24.3 Å². The first-order chi connectivity index (χ1) is 10.7. The summed E-state index contributed by atoms with van der Waals surface area (Å²) in [5.74, 6) is -0.554. The molecule has 2 N–H and O–H groups in total. The lowest BCUT2D eigenvalue weighted by Gasteiger charge is -2.24. The summed E-state index contributed by atoms with van der Waals surface area (Å²) in [6, 6.07) is 6.04. The number of rotatable bonds is 6. The summed E-state index contributed by atoms with van der Waals surface area (Å²) in [5.41, 5.74) is 0.221. The Bertz CT molecular complexity index is 526. The summed E-state index contributed by atoms with van der Waals surface area (Å²) in [6.45, 7) is 5.65. The van der Waals surface area contributed by atoms with Gasteiger partial charge in [0, 0.05) is 10.6 Å². The quantitative estimate of drug-likeness (QED) is 0.615. The van der Waals surface area contributed by atoms with Crippen molar-refractivity contribution in [3.63, 3.8) is 0 Å². The largest absolute Gasteiger partial charge is 0.467 e. The van der Waals surface area contributed by atoms with Gasteiger partial charge in [-0.2, -0.15) is 0 Å². The predicted molar refractivity (Wildman–Crippen MR) is 91.9 cm³/mol. The maximum absolute atomic E-state index is 12.0. The van der Waals surface area contributed by atoms with Gasteiger partial charge < -0.3 is 20.1 Å². The van der Waals surface area contributed by atoms with E-state index in [-0.39, 0.29) is 6.61 Å². The molecule has 0 spiro atoms. The maximum atomic E-state index is 12.0. The molecule has 2 amide bonds. The Kier molecular flexibility index (Phi) is 7.38. The van der Waals surface area contributed by atoms with E-state index in [1.54, 1.807) is 23.9 Å². The molecule has 0 saturated carbocycles. The van der Waals surface area contributed by atoms with Gasteiger partial charge in [0.1, 0.15) is 0 Å². The van der Waals surface area contributed by atoms with E-state index in [0.29, 0.717) is 5.69 Å². The molecule has 0 saturated heterocycles. The molecule has 1 atom stereocenters. The van der Waals surface area contributed by atoms with Gasteiger partial charge in [-0.1, -0.05) is 0 Å². The van der Waals surface area contributed by atoms with Gasteiger partial charge >= 0.3 is 12.0 Å². The Morgan fingerprint density at radius 3 is 2.30 bits per heavy atom. The number of hydrogen-bond donors (Lipinski definition) is 2. The number of carbonyl (C=O) groups excluding carboxylic acids is 2. The highest BCUT2D eigenvalue weighted by molar-refractivity contribution is 7.98. The molecule has 7 heteroatoms. The van der Waals surface area contributed by atoms with Crippen LogP contribution in [0.5, 0.6) is 0 Å². The van der Waals surface area contributed by atoms with Crippen molar-refractivity contribution in [3.8, 4) is 0 Å². The summed E-state index contributed by atoms with van der Waals surface area (Å²) in [4.78, 5) is 24.9. The molecule has 1 aromatic carbocycles. The first kappa shape index (κ1) is 19.3. The number of benzene rings is 1. The molecule has 0 aliphatic heterocycles. The molecule has 1 rings (SSSR count). The highest BCUT2D eigenvalue weighted by atomic mass is 32.2. The molecule has 1 unspecified atom stereocenters. The van der Waals surface area contributed by atoms with E-state index in [4.69, 9.17) is 9.47 Å².